The van der Waals surface area contributed by atoms with E-state index in [2.05, 4.69) is 10.4 Å². The number of aliphatic hydroxyl groups is 1. The van der Waals surface area contributed by atoms with Gasteiger partial charge in [0.15, 0.2) is 0 Å². The second-order valence-corrected chi connectivity index (χ2v) is 5.66. The van der Waals surface area contributed by atoms with E-state index in [1.165, 1.54) is 0 Å². The standard InChI is InChI=1S/C15H27N3O2/c1-5-8-15(20,9-6-2)11-16-14(19)13-7-10-17-18(13)12(3)4/h7,10,12,20H,5-6,8-9,11H2,1-4H3,(H,16,19). The molecule has 5 heteroatoms. The molecule has 0 radical (unpaired) electrons. The molecule has 0 saturated carbocycles. The lowest BCUT2D eigenvalue weighted by atomic mass is 9.92. The lowest BCUT2D eigenvalue weighted by Crippen LogP contribution is -2.43. The fourth-order valence-electron chi connectivity index (χ4n) is 2.47. The Kier molecular flexibility index (Phi) is 6.20. The van der Waals surface area contributed by atoms with Crippen LogP contribution in [0.1, 0.15) is 69.9 Å². The predicted molar refractivity (Wildman–Crippen MR) is 79.7 cm³/mol. The highest BCUT2D eigenvalue weighted by Gasteiger charge is 2.26. The average molecular weight is 281 g/mol. The molecule has 0 saturated heterocycles. The number of carbonyl (C=O) groups excluding carboxylic acids is 1. The molecule has 0 bridgehead atoms. The quantitative estimate of drug-likeness (QED) is 0.769. The minimum absolute atomic E-state index is 0.135. The molecule has 1 aromatic heterocycles. The van der Waals surface area contributed by atoms with Crippen molar-refractivity contribution < 1.29 is 9.90 Å². The van der Waals surface area contributed by atoms with Crippen LogP contribution in [0.15, 0.2) is 12.3 Å². The number of amides is 1. The SMILES string of the molecule is CCCC(O)(CCC)CNC(=O)c1ccnn1C(C)C. The monoisotopic (exact) mass is 281 g/mol. The second kappa shape index (κ2) is 7.43. The zero-order valence-corrected chi connectivity index (χ0v) is 13.0. The van der Waals surface area contributed by atoms with Crippen molar-refractivity contribution in [1.82, 2.24) is 15.1 Å². The van der Waals surface area contributed by atoms with Gasteiger partial charge in [-0.05, 0) is 32.8 Å². The highest BCUT2D eigenvalue weighted by atomic mass is 16.3. The van der Waals surface area contributed by atoms with Gasteiger partial charge in [0.2, 0.25) is 0 Å². The van der Waals surface area contributed by atoms with Crippen LogP contribution in [-0.2, 0) is 0 Å². The van der Waals surface area contributed by atoms with E-state index in [1.54, 1.807) is 16.9 Å². The molecule has 1 amide bonds. The topological polar surface area (TPSA) is 67.2 Å². The van der Waals surface area contributed by atoms with Crippen molar-refractivity contribution in [3.8, 4) is 0 Å². The molecule has 0 aliphatic carbocycles. The fourth-order valence-corrected chi connectivity index (χ4v) is 2.47. The van der Waals surface area contributed by atoms with E-state index in [-0.39, 0.29) is 18.5 Å². The zero-order chi connectivity index (χ0) is 15.2. The van der Waals surface area contributed by atoms with E-state index in [0.717, 1.165) is 12.8 Å². The highest BCUT2D eigenvalue weighted by Crippen LogP contribution is 2.18. The lowest BCUT2D eigenvalue weighted by molar-refractivity contribution is 0.0211. The van der Waals surface area contributed by atoms with E-state index >= 15 is 0 Å². The smallest absolute Gasteiger partial charge is 0.269 e. The Labute approximate surface area is 121 Å². The third-order valence-electron chi connectivity index (χ3n) is 3.40. The molecule has 114 valence electrons. The molecule has 2 N–H and O–H groups in total. The second-order valence-electron chi connectivity index (χ2n) is 5.66. The molecule has 0 atom stereocenters. The Morgan fingerprint density at radius 2 is 2.00 bits per heavy atom. The molecule has 20 heavy (non-hydrogen) atoms. The summed E-state index contributed by atoms with van der Waals surface area (Å²) in [7, 11) is 0. The Morgan fingerprint density at radius 3 is 2.50 bits per heavy atom. The maximum atomic E-state index is 12.2. The van der Waals surface area contributed by atoms with Crippen LogP contribution in [0.2, 0.25) is 0 Å². The molecule has 5 nitrogen and oxygen atoms in total. The van der Waals surface area contributed by atoms with Gasteiger partial charge in [-0.2, -0.15) is 5.10 Å². The van der Waals surface area contributed by atoms with Crippen LogP contribution in [-0.4, -0.2) is 32.9 Å². The first kappa shape index (κ1) is 16.7. The molecule has 0 spiro atoms. The van der Waals surface area contributed by atoms with Gasteiger partial charge >= 0.3 is 0 Å². The van der Waals surface area contributed by atoms with Crippen molar-refractivity contribution >= 4 is 5.91 Å². The van der Waals surface area contributed by atoms with Gasteiger partial charge in [-0.3, -0.25) is 9.48 Å². The lowest BCUT2D eigenvalue weighted by Gasteiger charge is -2.27. The molecular weight excluding hydrogens is 254 g/mol. The van der Waals surface area contributed by atoms with Crippen molar-refractivity contribution in [2.75, 3.05) is 6.54 Å². The van der Waals surface area contributed by atoms with Crippen LogP contribution in [0.3, 0.4) is 0 Å². The minimum atomic E-state index is -0.804. The van der Waals surface area contributed by atoms with Crippen molar-refractivity contribution in [1.29, 1.82) is 0 Å². The van der Waals surface area contributed by atoms with E-state index < -0.39 is 5.60 Å². The van der Waals surface area contributed by atoms with Crippen LogP contribution < -0.4 is 5.32 Å². The van der Waals surface area contributed by atoms with Gasteiger partial charge in [0.25, 0.3) is 5.91 Å². The first-order valence-corrected chi connectivity index (χ1v) is 7.47. The Bertz CT molecular complexity index is 421. The number of hydrogen-bond acceptors (Lipinski definition) is 3. The molecule has 1 rings (SSSR count). The van der Waals surface area contributed by atoms with Gasteiger partial charge in [0.05, 0.1) is 5.60 Å². The Hall–Kier alpha value is -1.36. The van der Waals surface area contributed by atoms with Crippen LogP contribution >= 0.6 is 0 Å². The van der Waals surface area contributed by atoms with Gasteiger partial charge in [-0.15, -0.1) is 0 Å². The summed E-state index contributed by atoms with van der Waals surface area (Å²) in [5, 5.41) is 17.5. The van der Waals surface area contributed by atoms with Gasteiger partial charge < -0.3 is 10.4 Å². The summed E-state index contributed by atoms with van der Waals surface area (Å²) in [5.41, 5.74) is -0.266. The van der Waals surface area contributed by atoms with Crippen molar-refractivity contribution in [2.45, 2.75) is 65.0 Å². The molecule has 0 aromatic carbocycles. The number of nitrogens with one attached hydrogen (secondary N) is 1. The molecule has 1 heterocycles. The van der Waals surface area contributed by atoms with Gasteiger partial charge in [0, 0.05) is 18.8 Å². The minimum Gasteiger partial charge on any atom is -0.388 e. The first-order valence-electron chi connectivity index (χ1n) is 7.47. The summed E-state index contributed by atoms with van der Waals surface area (Å²) >= 11 is 0. The van der Waals surface area contributed by atoms with Crippen molar-refractivity contribution in [3.63, 3.8) is 0 Å². The van der Waals surface area contributed by atoms with Crippen molar-refractivity contribution in [3.05, 3.63) is 18.0 Å². The van der Waals surface area contributed by atoms with Crippen molar-refractivity contribution in [2.24, 2.45) is 0 Å². The molecule has 0 unspecified atom stereocenters. The van der Waals surface area contributed by atoms with E-state index in [1.807, 2.05) is 27.7 Å². The van der Waals surface area contributed by atoms with Gasteiger partial charge in [0.1, 0.15) is 5.69 Å². The number of hydrogen-bond donors (Lipinski definition) is 2. The van der Waals surface area contributed by atoms with Crippen LogP contribution in [0.25, 0.3) is 0 Å². The highest BCUT2D eigenvalue weighted by molar-refractivity contribution is 5.92. The van der Waals surface area contributed by atoms with Gasteiger partial charge in [-0.25, -0.2) is 0 Å². The predicted octanol–water partition coefficient (Wildman–Crippen LogP) is 2.53. The van der Waals surface area contributed by atoms with E-state index in [4.69, 9.17) is 0 Å². The van der Waals surface area contributed by atoms with E-state index in [9.17, 15) is 9.90 Å². The number of rotatable bonds is 8. The summed E-state index contributed by atoms with van der Waals surface area (Å²) in [6, 6.07) is 1.84. The molecule has 0 fully saturated rings. The third kappa shape index (κ3) is 4.34. The summed E-state index contributed by atoms with van der Waals surface area (Å²) in [6.45, 7) is 8.33. The molecular formula is C15H27N3O2. The largest absolute Gasteiger partial charge is 0.388 e. The van der Waals surface area contributed by atoms with E-state index in [0.29, 0.717) is 18.5 Å². The third-order valence-corrected chi connectivity index (χ3v) is 3.40. The first-order chi connectivity index (χ1) is 9.43. The normalized spacial score (nSPS) is 11.9. The van der Waals surface area contributed by atoms with Crippen LogP contribution in [0, 0.1) is 0 Å². The maximum Gasteiger partial charge on any atom is 0.269 e. The molecule has 0 aliphatic heterocycles. The Balaban J connectivity index is 2.68. The zero-order valence-electron chi connectivity index (χ0n) is 13.0. The molecule has 0 aliphatic rings. The van der Waals surface area contributed by atoms with Crippen LogP contribution in [0.4, 0.5) is 0 Å². The summed E-state index contributed by atoms with van der Waals surface area (Å²) in [4.78, 5) is 12.2. The number of aromatic nitrogens is 2. The maximum absolute atomic E-state index is 12.2. The van der Waals surface area contributed by atoms with Gasteiger partial charge in [-0.1, -0.05) is 26.7 Å². The summed E-state index contributed by atoms with van der Waals surface area (Å²) in [6.07, 6.45) is 4.82. The van der Waals surface area contributed by atoms with Crippen LogP contribution in [0.5, 0.6) is 0 Å². The summed E-state index contributed by atoms with van der Waals surface area (Å²) < 4.78 is 1.69. The molecule has 1 aromatic rings. The average Bonchev–Trinajstić information content (AvgIpc) is 2.86. The number of carbonyl (C=O) groups is 1. The summed E-state index contributed by atoms with van der Waals surface area (Å²) in [5.74, 6) is -0.179. The Morgan fingerprint density at radius 1 is 1.40 bits per heavy atom. The number of nitrogens with zero attached hydrogens (tertiary/aromatic N) is 2. The fraction of sp³-hybridized carbons (Fsp3) is 0.733.